The highest BCUT2D eigenvalue weighted by Crippen LogP contribution is 2.23. The molecule has 0 atom stereocenters. The number of para-hydroxylation sites is 1. The molecule has 0 radical (unpaired) electrons. The maximum atomic E-state index is 13.3. The zero-order valence-corrected chi connectivity index (χ0v) is 20.1. The van der Waals surface area contributed by atoms with Crippen LogP contribution < -0.4 is 15.7 Å². The predicted molar refractivity (Wildman–Crippen MR) is 138 cm³/mol. The summed E-state index contributed by atoms with van der Waals surface area (Å²) in [7, 11) is 0. The summed E-state index contributed by atoms with van der Waals surface area (Å²) in [5.41, 5.74) is 3.68. The van der Waals surface area contributed by atoms with Gasteiger partial charge in [0.2, 0.25) is 0 Å². The molecule has 4 rings (SSSR count). The van der Waals surface area contributed by atoms with E-state index in [-0.39, 0.29) is 16.9 Å². The SMILES string of the molecule is CCOc1ccc(-n2c(SCC(=O)NN=Cc3ccccc3C(=O)O)nc3ccccc3c2=O)cc1. The van der Waals surface area contributed by atoms with Crippen LogP contribution in [0, 0.1) is 0 Å². The van der Waals surface area contributed by atoms with E-state index < -0.39 is 11.9 Å². The lowest BCUT2D eigenvalue weighted by molar-refractivity contribution is -0.118. The van der Waals surface area contributed by atoms with E-state index in [9.17, 15) is 19.5 Å². The van der Waals surface area contributed by atoms with Gasteiger partial charge in [0.15, 0.2) is 5.16 Å². The first-order valence-electron chi connectivity index (χ1n) is 11.0. The summed E-state index contributed by atoms with van der Waals surface area (Å²) in [4.78, 5) is 41.7. The lowest BCUT2D eigenvalue weighted by atomic mass is 10.1. The number of hydrogen-bond donors (Lipinski definition) is 2. The van der Waals surface area contributed by atoms with Gasteiger partial charge in [-0.25, -0.2) is 15.2 Å². The standard InChI is InChI=1S/C26H22N4O5S/c1-2-35-19-13-11-18(12-14-19)30-24(32)21-9-5-6-10-22(21)28-26(30)36-16-23(31)29-27-15-17-7-3-4-8-20(17)25(33)34/h3-15H,2,16H2,1H3,(H,29,31)(H,33,34). The summed E-state index contributed by atoms with van der Waals surface area (Å²) >= 11 is 1.09. The van der Waals surface area contributed by atoms with Gasteiger partial charge in [-0.1, -0.05) is 42.1 Å². The van der Waals surface area contributed by atoms with Crippen molar-refractivity contribution in [3.63, 3.8) is 0 Å². The fraction of sp³-hybridized carbons (Fsp3) is 0.115. The molecule has 2 N–H and O–H groups in total. The molecule has 182 valence electrons. The number of hydrazone groups is 1. The highest BCUT2D eigenvalue weighted by atomic mass is 32.2. The summed E-state index contributed by atoms with van der Waals surface area (Å²) in [6.45, 7) is 2.41. The van der Waals surface area contributed by atoms with E-state index in [2.05, 4.69) is 15.5 Å². The van der Waals surface area contributed by atoms with Crippen molar-refractivity contribution in [3.8, 4) is 11.4 Å². The molecule has 0 saturated carbocycles. The Kier molecular flexibility index (Phi) is 7.76. The number of hydrogen-bond acceptors (Lipinski definition) is 7. The average molecular weight is 503 g/mol. The molecule has 0 saturated heterocycles. The Labute approximate surface area is 210 Å². The molecule has 1 heterocycles. The number of carboxylic acids is 1. The van der Waals surface area contributed by atoms with Crippen LogP contribution in [0.3, 0.4) is 0 Å². The number of carbonyl (C=O) groups excluding carboxylic acids is 1. The van der Waals surface area contributed by atoms with E-state index in [1.807, 2.05) is 6.92 Å². The number of thioether (sulfide) groups is 1. The van der Waals surface area contributed by atoms with Crippen LogP contribution in [0.4, 0.5) is 0 Å². The number of carbonyl (C=O) groups is 2. The van der Waals surface area contributed by atoms with Gasteiger partial charge in [-0.2, -0.15) is 5.10 Å². The minimum absolute atomic E-state index is 0.0697. The summed E-state index contributed by atoms with van der Waals surface area (Å²) in [6, 6.07) is 20.4. The second-order valence-corrected chi connectivity index (χ2v) is 8.40. The van der Waals surface area contributed by atoms with Crippen LogP contribution in [-0.2, 0) is 4.79 Å². The van der Waals surface area contributed by atoms with Crippen LogP contribution in [0.2, 0.25) is 0 Å². The third kappa shape index (κ3) is 5.61. The van der Waals surface area contributed by atoms with Crippen LogP contribution in [0.5, 0.6) is 5.75 Å². The predicted octanol–water partition coefficient (Wildman–Crippen LogP) is 3.73. The summed E-state index contributed by atoms with van der Waals surface area (Å²) < 4.78 is 6.95. The molecular formula is C26H22N4O5S. The molecule has 0 fully saturated rings. The molecule has 0 bridgehead atoms. The second kappa shape index (κ2) is 11.3. The Balaban J connectivity index is 1.56. The van der Waals surface area contributed by atoms with Crippen LogP contribution in [0.25, 0.3) is 16.6 Å². The number of nitrogens with one attached hydrogen (secondary N) is 1. The van der Waals surface area contributed by atoms with Crippen molar-refractivity contribution in [2.75, 3.05) is 12.4 Å². The van der Waals surface area contributed by atoms with E-state index in [4.69, 9.17) is 4.74 Å². The van der Waals surface area contributed by atoms with Crippen LogP contribution >= 0.6 is 11.8 Å². The number of aromatic carboxylic acids is 1. The van der Waals surface area contributed by atoms with Crippen LogP contribution in [0.1, 0.15) is 22.8 Å². The molecule has 36 heavy (non-hydrogen) atoms. The number of fused-ring (bicyclic) bond motifs is 1. The summed E-state index contributed by atoms with van der Waals surface area (Å²) in [5, 5.41) is 13.9. The van der Waals surface area contributed by atoms with Gasteiger partial charge in [0.1, 0.15) is 5.75 Å². The highest BCUT2D eigenvalue weighted by Gasteiger charge is 2.15. The maximum absolute atomic E-state index is 13.3. The van der Waals surface area contributed by atoms with E-state index in [1.165, 1.54) is 16.8 Å². The third-order valence-corrected chi connectivity index (χ3v) is 6.01. The third-order valence-electron chi connectivity index (χ3n) is 5.07. The number of amides is 1. The Morgan fingerprint density at radius 3 is 2.56 bits per heavy atom. The van der Waals surface area contributed by atoms with Gasteiger partial charge in [0.25, 0.3) is 11.5 Å². The first-order valence-corrected chi connectivity index (χ1v) is 12.0. The van der Waals surface area contributed by atoms with Crippen LogP contribution in [0.15, 0.2) is 87.8 Å². The lowest BCUT2D eigenvalue weighted by Crippen LogP contribution is -2.24. The molecule has 0 aliphatic heterocycles. The van der Waals surface area contributed by atoms with Gasteiger partial charge in [-0.15, -0.1) is 0 Å². The second-order valence-electron chi connectivity index (χ2n) is 7.45. The zero-order chi connectivity index (χ0) is 25.5. The van der Waals surface area contributed by atoms with Gasteiger partial charge in [0.05, 0.1) is 40.7 Å². The Morgan fingerprint density at radius 1 is 1.08 bits per heavy atom. The molecule has 0 unspecified atom stereocenters. The maximum Gasteiger partial charge on any atom is 0.336 e. The highest BCUT2D eigenvalue weighted by molar-refractivity contribution is 7.99. The van der Waals surface area contributed by atoms with Gasteiger partial charge < -0.3 is 9.84 Å². The van der Waals surface area contributed by atoms with Crippen molar-refractivity contribution in [1.82, 2.24) is 15.0 Å². The topological polar surface area (TPSA) is 123 Å². The fourth-order valence-electron chi connectivity index (χ4n) is 3.44. The van der Waals surface area contributed by atoms with Crippen molar-refractivity contribution < 1.29 is 19.4 Å². The molecule has 1 aromatic heterocycles. The van der Waals surface area contributed by atoms with Crippen molar-refractivity contribution in [3.05, 3.63) is 94.3 Å². The normalized spacial score (nSPS) is 11.0. The number of aromatic nitrogens is 2. The molecule has 0 spiro atoms. The number of rotatable bonds is 9. The zero-order valence-electron chi connectivity index (χ0n) is 19.2. The molecule has 1 amide bonds. The number of nitrogens with zero attached hydrogens (tertiary/aromatic N) is 3. The monoisotopic (exact) mass is 502 g/mol. The Hall–Kier alpha value is -4.44. The first kappa shape index (κ1) is 24.7. The smallest absolute Gasteiger partial charge is 0.336 e. The van der Waals surface area contributed by atoms with Gasteiger partial charge in [-0.05, 0) is 49.4 Å². The van der Waals surface area contributed by atoms with Crippen molar-refractivity contribution in [1.29, 1.82) is 0 Å². The van der Waals surface area contributed by atoms with E-state index in [1.54, 1.807) is 66.7 Å². The molecule has 4 aromatic rings. The van der Waals surface area contributed by atoms with Gasteiger partial charge >= 0.3 is 5.97 Å². The van der Waals surface area contributed by atoms with Gasteiger partial charge in [0, 0.05) is 5.56 Å². The summed E-state index contributed by atoms with van der Waals surface area (Å²) in [5.74, 6) is -0.919. The molecular weight excluding hydrogens is 480 g/mol. The summed E-state index contributed by atoms with van der Waals surface area (Å²) in [6.07, 6.45) is 1.27. The number of ether oxygens (including phenoxy) is 1. The lowest BCUT2D eigenvalue weighted by Gasteiger charge is -2.13. The Bertz CT molecular complexity index is 1500. The Morgan fingerprint density at radius 2 is 1.81 bits per heavy atom. The van der Waals surface area contributed by atoms with Crippen LogP contribution in [-0.4, -0.2) is 45.1 Å². The van der Waals surface area contributed by atoms with E-state index >= 15 is 0 Å². The van der Waals surface area contributed by atoms with Crippen molar-refractivity contribution >= 4 is 40.8 Å². The number of carboxylic acid groups (broad SMARTS) is 1. The molecule has 10 heteroatoms. The molecule has 0 aliphatic rings. The van der Waals surface area contributed by atoms with Crippen molar-refractivity contribution in [2.45, 2.75) is 12.1 Å². The quantitative estimate of drug-likeness (QED) is 0.155. The molecule has 9 nitrogen and oxygen atoms in total. The molecule has 0 aliphatic carbocycles. The molecule has 3 aromatic carbocycles. The minimum atomic E-state index is -1.09. The van der Waals surface area contributed by atoms with Crippen molar-refractivity contribution in [2.24, 2.45) is 5.10 Å². The first-order chi connectivity index (χ1) is 17.5. The average Bonchev–Trinajstić information content (AvgIpc) is 2.88. The largest absolute Gasteiger partial charge is 0.494 e. The van der Waals surface area contributed by atoms with E-state index in [0.717, 1.165) is 11.8 Å². The fourth-order valence-corrected chi connectivity index (χ4v) is 4.24. The minimum Gasteiger partial charge on any atom is -0.494 e. The van der Waals surface area contributed by atoms with E-state index in [0.29, 0.717) is 39.7 Å². The number of benzene rings is 3. The van der Waals surface area contributed by atoms with Gasteiger partial charge in [-0.3, -0.25) is 14.2 Å².